The van der Waals surface area contributed by atoms with E-state index >= 15 is 4.39 Å². The van der Waals surface area contributed by atoms with Crippen LogP contribution in [0.1, 0.15) is 18.9 Å². The summed E-state index contributed by atoms with van der Waals surface area (Å²) in [5.74, 6) is -1.07. The van der Waals surface area contributed by atoms with Crippen molar-refractivity contribution in [1.82, 2.24) is 25.8 Å². The number of alkyl carbamates (subject to hydrolysis) is 1. The normalized spacial score (nSPS) is 21.1. The van der Waals surface area contributed by atoms with E-state index < -0.39 is 36.1 Å². The van der Waals surface area contributed by atoms with E-state index in [9.17, 15) is 39.0 Å². The van der Waals surface area contributed by atoms with E-state index in [0.717, 1.165) is 5.04 Å². The molecule has 6 rings (SSSR count). The number of benzene rings is 2. The van der Waals surface area contributed by atoms with Gasteiger partial charge < -0.3 is 54.9 Å². The van der Waals surface area contributed by atoms with Gasteiger partial charge in [0.05, 0.1) is 55.7 Å². The molecule has 0 radical (unpaired) electrons. The molecule has 4 aliphatic heterocycles. The van der Waals surface area contributed by atoms with Crippen LogP contribution in [0, 0.1) is 5.82 Å². The summed E-state index contributed by atoms with van der Waals surface area (Å²) in [4.78, 5) is 84.2. The number of aliphatic imine (C=N–C) groups is 1. The maximum absolute atomic E-state index is 15.2. The summed E-state index contributed by atoms with van der Waals surface area (Å²) in [6, 6.07) is 10.6. The Balaban J connectivity index is 0.777. The van der Waals surface area contributed by atoms with Crippen molar-refractivity contribution >= 4 is 75.8 Å². The third-order valence-electron chi connectivity index (χ3n) is 10.6. The highest BCUT2D eigenvalue weighted by atomic mass is 32.2. The van der Waals surface area contributed by atoms with E-state index in [2.05, 4.69) is 16.0 Å². The van der Waals surface area contributed by atoms with Crippen LogP contribution in [0.25, 0.3) is 0 Å². The highest BCUT2D eigenvalue weighted by Gasteiger charge is 2.43. The van der Waals surface area contributed by atoms with Crippen molar-refractivity contribution in [2.24, 2.45) is 4.99 Å². The number of ether oxygens (including phenoxy) is 4. The molecule has 348 valence electrons. The van der Waals surface area contributed by atoms with Gasteiger partial charge in [-0.25, -0.2) is 14.0 Å². The number of carboxylic acids is 1. The molecule has 0 saturated carbocycles. The van der Waals surface area contributed by atoms with E-state index in [-0.39, 0.29) is 87.6 Å². The quantitative estimate of drug-likeness (QED) is 0.111. The number of hydrogen-bond acceptors (Lipinski definition) is 16. The maximum atomic E-state index is 15.2. The highest BCUT2D eigenvalue weighted by molar-refractivity contribution is 8.14. The van der Waals surface area contributed by atoms with Crippen LogP contribution in [-0.2, 0) is 38.1 Å². The first-order valence-electron chi connectivity index (χ1n) is 20.8. The Morgan fingerprint density at radius 1 is 0.969 bits per heavy atom. The van der Waals surface area contributed by atoms with Crippen molar-refractivity contribution in [3.8, 4) is 5.75 Å². The van der Waals surface area contributed by atoms with Crippen LogP contribution >= 0.6 is 23.5 Å². The molecular formula is C41H53FN8O12S2. The van der Waals surface area contributed by atoms with Gasteiger partial charge in [-0.15, -0.1) is 23.5 Å². The van der Waals surface area contributed by atoms with Crippen LogP contribution < -0.4 is 25.8 Å². The zero-order valence-electron chi connectivity index (χ0n) is 35.3. The molecule has 4 heterocycles. The zero-order chi connectivity index (χ0) is 45.6. The number of anilines is 2. The van der Waals surface area contributed by atoms with Gasteiger partial charge in [0.1, 0.15) is 48.5 Å². The Morgan fingerprint density at radius 2 is 1.73 bits per heavy atom. The average Bonchev–Trinajstić information content (AvgIpc) is 4.03. The second kappa shape index (κ2) is 23.5. The van der Waals surface area contributed by atoms with Gasteiger partial charge in [0, 0.05) is 63.3 Å². The van der Waals surface area contributed by atoms with Crippen molar-refractivity contribution in [2.75, 3.05) is 113 Å². The van der Waals surface area contributed by atoms with Crippen LogP contribution in [0.4, 0.5) is 25.4 Å². The number of aliphatic carboxylic acids is 1. The monoisotopic (exact) mass is 932 g/mol. The second-order valence-corrected chi connectivity index (χ2v) is 17.2. The van der Waals surface area contributed by atoms with Crippen molar-refractivity contribution in [3.63, 3.8) is 0 Å². The van der Waals surface area contributed by atoms with Gasteiger partial charge in [0.25, 0.3) is 0 Å². The number of cyclic esters (lactones) is 1. The van der Waals surface area contributed by atoms with Gasteiger partial charge in [-0.1, -0.05) is 12.1 Å². The van der Waals surface area contributed by atoms with Crippen LogP contribution in [-0.4, -0.2) is 188 Å². The molecule has 5 amide bonds. The molecule has 0 aromatic heterocycles. The van der Waals surface area contributed by atoms with Gasteiger partial charge >= 0.3 is 18.2 Å². The zero-order valence-corrected chi connectivity index (χ0v) is 36.9. The minimum Gasteiger partial charge on any atom is -0.507 e. The molecule has 0 spiro atoms. The summed E-state index contributed by atoms with van der Waals surface area (Å²) in [5, 5.41) is 28.5. The van der Waals surface area contributed by atoms with Crippen molar-refractivity contribution < 1.29 is 62.3 Å². The average molecular weight is 933 g/mol. The predicted molar refractivity (Wildman–Crippen MR) is 235 cm³/mol. The minimum atomic E-state index is -0.899. The van der Waals surface area contributed by atoms with Crippen LogP contribution in [0.2, 0.25) is 0 Å². The first-order chi connectivity index (χ1) is 30.9. The van der Waals surface area contributed by atoms with E-state index in [1.54, 1.807) is 57.6 Å². The number of phenolic OH excluding ortho intramolecular Hbond substituents is 1. The molecular weight excluding hydrogens is 880 g/mol. The molecule has 64 heavy (non-hydrogen) atoms. The van der Waals surface area contributed by atoms with Gasteiger partial charge in [0.2, 0.25) is 17.7 Å². The van der Waals surface area contributed by atoms with Gasteiger partial charge in [0.15, 0.2) is 0 Å². The molecule has 2 aromatic carbocycles. The number of carbonyl (C=O) groups excluding carboxylic acids is 5. The minimum absolute atomic E-state index is 0.0612. The number of carbonyl (C=O) groups is 6. The number of nitrogens with zero attached hydrogens (tertiary/aromatic N) is 5. The Bertz CT molecular complexity index is 2030. The Kier molecular flexibility index (Phi) is 17.7. The van der Waals surface area contributed by atoms with Crippen LogP contribution in [0.5, 0.6) is 5.75 Å². The lowest BCUT2D eigenvalue weighted by atomic mass is 10.2. The molecule has 5 N–H and O–H groups in total. The molecule has 20 nitrogen and oxygen atoms in total. The fourth-order valence-corrected chi connectivity index (χ4v) is 10.1. The molecule has 1 unspecified atom stereocenters. The van der Waals surface area contributed by atoms with Crippen molar-refractivity contribution in [1.29, 1.82) is 0 Å². The fraction of sp³-hybridized carbons (Fsp3) is 0.537. The van der Waals surface area contributed by atoms with Gasteiger partial charge in [-0.2, -0.15) is 0 Å². The number of halogens is 1. The smallest absolute Gasteiger partial charge is 0.414 e. The summed E-state index contributed by atoms with van der Waals surface area (Å²) in [7, 11) is 0. The summed E-state index contributed by atoms with van der Waals surface area (Å²) in [6.45, 7) is 3.52. The first kappa shape index (κ1) is 48.1. The molecule has 0 bridgehead atoms. The van der Waals surface area contributed by atoms with Crippen molar-refractivity contribution in [2.45, 2.75) is 36.9 Å². The number of aromatic hydroxyl groups is 1. The third kappa shape index (κ3) is 13.3. The van der Waals surface area contributed by atoms with E-state index in [4.69, 9.17) is 23.9 Å². The summed E-state index contributed by atoms with van der Waals surface area (Å²) >= 11 is 3.10. The number of para-hydroxylation sites is 1. The first-order valence-corrected chi connectivity index (χ1v) is 22.9. The Labute approximate surface area is 377 Å². The van der Waals surface area contributed by atoms with E-state index in [1.165, 1.54) is 17.9 Å². The summed E-state index contributed by atoms with van der Waals surface area (Å²) < 4.78 is 36.3. The fourth-order valence-electron chi connectivity index (χ4n) is 7.37. The number of phenols is 1. The number of rotatable bonds is 21. The molecule has 3 fully saturated rings. The number of piperazine rings is 1. The maximum Gasteiger partial charge on any atom is 0.414 e. The number of carboxylic acid groups (broad SMARTS) is 1. The lowest BCUT2D eigenvalue weighted by Gasteiger charge is -2.36. The van der Waals surface area contributed by atoms with Crippen LogP contribution in [0.3, 0.4) is 0 Å². The van der Waals surface area contributed by atoms with Gasteiger partial charge in [-0.3, -0.25) is 34.0 Å². The van der Waals surface area contributed by atoms with E-state index in [1.807, 2.05) is 17.0 Å². The Morgan fingerprint density at radius 3 is 2.48 bits per heavy atom. The molecule has 23 heteroatoms. The number of nitrogens with one attached hydrogen (secondary N) is 3. The largest absolute Gasteiger partial charge is 0.507 e. The number of amides is 5. The summed E-state index contributed by atoms with van der Waals surface area (Å²) in [5.41, 5.74) is 1.32. The second-order valence-electron chi connectivity index (χ2n) is 15.1. The predicted octanol–water partition coefficient (Wildman–Crippen LogP) is 1.30. The SMILES string of the molecule is CC(=O)NC[C@H]1CN(c2ccc(N3CCN(C(=O)CNC(=O)OCCOCCOCC(=O)NCCCN4C([C@H]5CSC(c6ccccc6O)=N5)SC[C@H]4C(=O)O)CC3)c(F)c2)C(=O)O1. The highest BCUT2D eigenvalue weighted by Crippen LogP contribution is 2.38. The molecule has 3 saturated heterocycles. The van der Waals surface area contributed by atoms with Crippen molar-refractivity contribution in [3.05, 3.63) is 53.8 Å². The summed E-state index contributed by atoms with van der Waals surface area (Å²) in [6.07, 6.45) is -1.45. The topological polar surface area (TPSA) is 241 Å². The molecule has 4 aliphatic rings. The third-order valence-corrected chi connectivity index (χ3v) is 13.2. The number of hydrogen-bond donors (Lipinski definition) is 5. The standard InChI is InChI=1S/C41H53FN8O12S2/c1-26(51)44-20-28-22-50(41(58)62-28)27-7-8-32(30(42)19-27)47-11-13-48(14-12-47)36(54)21-45-40(57)61-18-17-59-15-16-60-23-35(53)43-9-4-10-49-33(39(55)56)25-64-38(49)31-24-63-37(46-31)29-5-2-3-6-34(29)52/h2-3,5-8,19,28,31,33,38,52H,4,9-18,20-25H2,1H3,(H,43,53)(H,44,51)(H,45,57)(H,55,56)/t28-,31+,33-,38?/m0/s1. The van der Waals surface area contributed by atoms with Crippen LogP contribution in [0.15, 0.2) is 47.5 Å². The molecule has 2 aromatic rings. The van der Waals surface area contributed by atoms with Gasteiger partial charge in [-0.05, 0) is 36.8 Å². The lowest BCUT2D eigenvalue weighted by molar-refractivity contribution is -0.142. The number of thioether (sulfide) groups is 2. The molecule has 4 atom stereocenters. The Hall–Kier alpha value is -5.36. The molecule has 0 aliphatic carbocycles. The van der Waals surface area contributed by atoms with E-state index in [0.29, 0.717) is 74.1 Å². The lowest BCUT2D eigenvalue weighted by Crippen LogP contribution is -2.51.